The Morgan fingerprint density at radius 3 is 2.89 bits per heavy atom. The molecule has 2 aromatic heterocycles. The van der Waals surface area contributed by atoms with E-state index < -0.39 is 0 Å². The third kappa shape index (κ3) is 2.83. The summed E-state index contributed by atoms with van der Waals surface area (Å²) in [6.07, 6.45) is 7.36. The molecule has 0 fully saturated rings. The number of pyridine rings is 1. The van der Waals surface area contributed by atoms with E-state index in [2.05, 4.69) is 37.8 Å². The molecule has 0 atom stereocenters. The zero-order chi connectivity index (χ0) is 13.0. The van der Waals surface area contributed by atoms with Crippen LogP contribution in [0.3, 0.4) is 0 Å². The highest BCUT2D eigenvalue weighted by atomic mass is 79.9. The van der Waals surface area contributed by atoms with E-state index in [0.717, 1.165) is 28.7 Å². The Morgan fingerprint density at radius 2 is 2.11 bits per heavy atom. The molecule has 98 valence electrons. The molecule has 0 spiro atoms. The van der Waals surface area contributed by atoms with Crippen LogP contribution in [-0.4, -0.2) is 33.5 Å². The van der Waals surface area contributed by atoms with Crippen molar-refractivity contribution in [3.63, 3.8) is 0 Å². The summed E-state index contributed by atoms with van der Waals surface area (Å²) >= 11 is 3.46. The van der Waals surface area contributed by atoms with Crippen LogP contribution in [0.1, 0.15) is 19.3 Å². The number of fused-ring (bicyclic) bond motifs is 1. The molecule has 2 rings (SSSR count). The van der Waals surface area contributed by atoms with E-state index in [4.69, 9.17) is 0 Å². The highest BCUT2D eigenvalue weighted by Crippen LogP contribution is 2.21. The second-order valence-electron chi connectivity index (χ2n) is 4.53. The van der Waals surface area contributed by atoms with Crippen LogP contribution >= 0.6 is 15.9 Å². The van der Waals surface area contributed by atoms with Gasteiger partial charge >= 0.3 is 0 Å². The molecule has 0 aliphatic carbocycles. The predicted octanol–water partition coefficient (Wildman–Crippen LogP) is 2.97. The molecule has 0 N–H and O–H groups in total. The van der Waals surface area contributed by atoms with Crippen LogP contribution < -0.4 is 4.90 Å². The van der Waals surface area contributed by atoms with Crippen molar-refractivity contribution in [3.8, 4) is 0 Å². The maximum absolute atomic E-state index is 4.46. The SMILES string of the molecule is CN(CCCCCBr)c1nccc2c1ncn2C. The standard InChI is InChI=1S/C13H19BrN4/c1-17(9-5-3-4-7-14)13-12-11(6-8-15-13)18(2)10-16-12/h6,8,10H,3-5,7,9H2,1-2H3. The van der Waals surface area contributed by atoms with Crippen molar-refractivity contribution in [2.45, 2.75) is 19.3 Å². The summed E-state index contributed by atoms with van der Waals surface area (Å²) < 4.78 is 2.03. The highest BCUT2D eigenvalue weighted by Gasteiger charge is 2.10. The topological polar surface area (TPSA) is 34.0 Å². The van der Waals surface area contributed by atoms with Gasteiger partial charge in [0.1, 0.15) is 5.52 Å². The third-order valence-corrected chi connectivity index (χ3v) is 3.67. The number of rotatable bonds is 6. The molecular weight excluding hydrogens is 292 g/mol. The summed E-state index contributed by atoms with van der Waals surface area (Å²) in [6.45, 7) is 1.02. The summed E-state index contributed by atoms with van der Waals surface area (Å²) in [5, 5.41) is 1.09. The Labute approximate surface area is 116 Å². The molecule has 2 heterocycles. The molecule has 0 unspecified atom stereocenters. The lowest BCUT2D eigenvalue weighted by Gasteiger charge is -2.18. The first-order valence-electron chi connectivity index (χ1n) is 6.27. The lowest BCUT2D eigenvalue weighted by molar-refractivity contribution is 0.708. The molecule has 0 aromatic carbocycles. The van der Waals surface area contributed by atoms with Gasteiger partial charge in [-0.25, -0.2) is 9.97 Å². The molecule has 0 bridgehead atoms. The van der Waals surface area contributed by atoms with Crippen molar-refractivity contribution in [1.82, 2.24) is 14.5 Å². The zero-order valence-electron chi connectivity index (χ0n) is 10.9. The number of hydrogen-bond donors (Lipinski definition) is 0. The smallest absolute Gasteiger partial charge is 0.156 e. The number of hydrogen-bond acceptors (Lipinski definition) is 3. The van der Waals surface area contributed by atoms with Crippen LogP contribution in [0.2, 0.25) is 0 Å². The fourth-order valence-corrected chi connectivity index (χ4v) is 2.45. The first-order valence-corrected chi connectivity index (χ1v) is 7.39. The van der Waals surface area contributed by atoms with Gasteiger partial charge in [-0.2, -0.15) is 0 Å². The maximum atomic E-state index is 4.46. The Morgan fingerprint density at radius 1 is 1.28 bits per heavy atom. The molecule has 0 aliphatic heterocycles. The van der Waals surface area contributed by atoms with E-state index in [1.54, 1.807) is 0 Å². The second-order valence-corrected chi connectivity index (χ2v) is 5.32. The number of aryl methyl sites for hydroxylation is 1. The Bertz CT molecular complexity index is 509. The molecule has 4 nitrogen and oxygen atoms in total. The van der Waals surface area contributed by atoms with E-state index in [0.29, 0.717) is 0 Å². The average molecular weight is 311 g/mol. The lowest BCUT2D eigenvalue weighted by atomic mass is 10.2. The van der Waals surface area contributed by atoms with E-state index in [1.165, 1.54) is 19.3 Å². The molecule has 2 aromatic rings. The molecule has 0 saturated heterocycles. The van der Waals surface area contributed by atoms with Gasteiger partial charge in [0.2, 0.25) is 0 Å². The summed E-state index contributed by atoms with van der Waals surface area (Å²) in [6, 6.07) is 2.00. The van der Waals surface area contributed by atoms with E-state index in [9.17, 15) is 0 Å². The van der Waals surface area contributed by atoms with Crippen molar-refractivity contribution in [2.75, 3.05) is 23.8 Å². The number of aromatic nitrogens is 3. The van der Waals surface area contributed by atoms with Gasteiger partial charge in [-0.1, -0.05) is 22.4 Å². The summed E-state index contributed by atoms with van der Waals surface area (Å²) in [7, 11) is 4.10. The number of nitrogens with zero attached hydrogens (tertiary/aromatic N) is 4. The van der Waals surface area contributed by atoms with Crippen LogP contribution in [0.4, 0.5) is 5.82 Å². The molecule has 5 heteroatoms. The minimum atomic E-state index is 0.979. The fourth-order valence-electron chi connectivity index (χ4n) is 2.05. The van der Waals surface area contributed by atoms with Gasteiger partial charge < -0.3 is 9.47 Å². The Kier molecular flexibility index (Phi) is 4.58. The van der Waals surface area contributed by atoms with Crippen molar-refractivity contribution < 1.29 is 0 Å². The van der Waals surface area contributed by atoms with Gasteiger partial charge in [0.15, 0.2) is 5.82 Å². The molecule has 0 saturated carbocycles. The number of unbranched alkanes of at least 4 members (excludes halogenated alkanes) is 2. The van der Waals surface area contributed by atoms with Crippen LogP contribution in [0.5, 0.6) is 0 Å². The van der Waals surface area contributed by atoms with Crippen LogP contribution in [0, 0.1) is 0 Å². The zero-order valence-corrected chi connectivity index (χ0v) is 12.5. The van der Waals surface area contributed by atoms with Crippen molar-refractivity contribution in [2.24, 2.45) is 7.05 Å². The van der Waals surface area contributed by atoms with Crippen LogP contribution in [-0.2, 0) is 7.05 Å². The minimum absolute atomic E-state index is 0.979. The first kappa shape index (κ1) is 13.3. The summed E-state index contributed by atoms with van der Waals surface area (Å²) in [5.41, 5.74) is 2.12. The van der Waals surface area contributed by atoms with Gasteiger partial charge in [0.05, 0.1) is 11.8 Å². The molecule has 0 aliphatic rings. The lowest BCUT2D eigenvalue weighted by Crippen LogP contribution is -2.20. The largest absolute Gasteiger partial charge is 0.358 e. The van der Waals surface area contributed by atoms with Crippen LogP contribution in [0.25, 0.3) is 11.0 Å². The number of imidazole rings is 1. The Hall–Kier alpha value is -1.10. The van der Waals surface area contributed by atoms with Crippen LogP contribution in [0.15, 0.2) is 18.6 Å². The highest BCUT2D eigenvalue weighted by molar-refractivity contribution is 9.09. The second kappa shape index (κ2) is 6.18. The number of halogens is 1. The molecular formula is C13H19BrN4. The molecule has 0 radical (unpaired) electrons. The summed E-state index contributed by atoms with van der Waals surface area (Å²) in [5.74, 6) is 0.979. The van der Waals surface area contributed by atoms with Gasteiger partial charge in [0.25, 0.3) is 0 Å². The van der Waals surface area contributed by atoms with E-state index >= 15 is 0 Å². The first-order chi connectivity index (χ1) is 8.74. The normalized spacial score (nSPS) is 11.1. The monoisotopic (exact) mass is 310 g/mol. The Balaban J connectivity index is 2.10. The minimum Gasteiger partial charge on any atom is -0.358 e. The quantitative estimate of drug-likeness (QED) is 0.607. The molecule has 0 amide bonds. The fraction of sp³-hybridized carbons (Fsp3) is 0.538. The van der Waals surface area contributed by atoms with Gasteiger partial charge in [-0.15, -0.1) is 0 Å². The van der Waals surface area contributed by atoms with E-state index in [-0.39, 0.29) is 0 Å². The average Bonchev–Trinajstić information content (AvgIpc) is 2.76. The van der Waals surface area contributed by atoms with E-state index in [1.807, 2.05) is 30.2 Å². The molecule has 18 heavy (non-hydrogen) atoms. The van der Waals surface area contributed by atoms with Gasteiger partial charge in [-0.3, -0.25) is 0 Å². The van der Waals surface area contributed by atoms with Crippen molar-refractivity contribution in [3.05, 3.63) is 18.6 Å². The van der Waals surface area contributed by atoms with Gasteiger partial charge in [-0.05, 0) is 18.9 Å². The summed E-state index contributed by atoms with van der Waals surface area (Å²) in [4.78, 5) is 11.1. The van der Waals surface area contributed by atoms with Crippen molar-refractivity contribution >= 4 is 32.8 Å². The maximum Gasteiger partial charge on any atom is 0.156 e. The van der Waals surface area contributed by atoms with Gasteiger partial charge in [0, 0.05) is 32.2 Å². The number of alkyl halides is 1. The van der Waals surface area contributed by atoms with Crippen molar-refractivity contribution in [1.29, 1.82) is 0 Å². The predicted molar refractivity (Wildman–Crippen MR) is 79.4 cm³/mol. The third-order valence-electron chi connectivity index (χ3n) is 3.11. The number of anilines is 1.